The van der Waals surface area contributed by atoms with Crippen molar-refractivity contribution in [2.24, 2.45) is 0 Å². The van der Waals surface area contributed by atoms with E-state index in [9.17, 15) is 19.2 Å². The zero-order valence-corrected chi connectivity index (χ0v) is 18.4. The number of amides is 4. The fraction of sp³-hybridized carbons (Fsp3) is 0.583. The van der Waals surface area contributed by atoms with E-state index in [-0.39, 0.29) is 48.6 Å². The number of benzene rings is 1. The van der Waals surface area contributed by atoms with Crippen molar-refractivity contribution in [3.63, 3.8) is 0 Å². The van der Waals surface area contributed by atoms with Crippen LogP contribution in [0.4, 0.5) is 11.4 Å². The molecule has 4 amide bonds. The first kappa shape index (κ1) is 21.3. The normalized spacial score (nSPS) is 28.2. The van der Waals surface area contributed by atoms with Crippen molar-refractivity contribution in [1.82, 2.24) is 9.80 Å². The molecule has 4 heterocycles. The number of imide groups is 2. The van der Waals surface area contributed by atoms with Crippen molar-refractivity contribution in [3.8, 4) is 0 Å². The van der Waals surface area contributed by atoms with Crippen molar-refractivity contribution >= 4 is 35.0 Å². The van der Waals surface area contributed by atoms with Gasteiger partial charge in [-0.2, -0.15) is 0 Å². The minimum absolute atomic E-state index is 0.178. The second kappa shape index (κ2) is 8.75. The lowest BCUT2D eigenvalue weighted by atomic mass is 10.1. The first-order valence-corrected chi connectivity index (χ1v) is 11.9. The van der Waals surface area contributed by atoms with Crippen molar-refractivity contribution < 1.29 is 19.2 Å². The van der Waals surface area contributed by atoms with E-state index in [1.165, 1.54) is 22.6 Å². The molecule has 2 atom stereocenters. The standard InChI is InChI=1S/C24H30N4O4/c29-21-15-19(25-11-3-1-4-12-25)23(31)27(21)17-7-9-18(10-8-17)28-22(30)16-20(24(28)32)26-13-5-2-6-14-26/h7-10,19-20H,1-6,11-16H2/t19-,20+. The molecule has 0 unspecified atom stereocenters. The minimum atomic E-state index is -0.380. The number of nitrogens with zero attached hydrogens (tertiary/aromatic N) is 4. The average Bonchev–Trinajstić information content (AvgIpc) is 3.29. The molecule has 0 spiro atoms. The monoisotopic (exact) mass is 438 g/mol. The summed E-state index contributed by atoms with van der Waals surface area (Å²) >= 11 is 0. The van der Waals surface area contributed by atoms with E-state index in [0.717, 1.165) is 51.9 Å². The van der Waals surface area contributed by atoms with Gasteiger partial charge in [0.2, 0.25) is 11.8 Å². The van der Waals surface area contributed by atoms with Crippen molar-refractivity contribution in [3.05, 3.63) is 24.3 Å². The summed E-state index contributed by atoms with van der Waals surface area (Å²) in [6.45, 7) is 3.42. The number of carbonyl (C=O) groups is 4. The Bertz CT molecular complexity index is 843. The molecule has 4 aliphatic heterocycles. The van der Waals surface area contributed by atoms with E-state index in [2.05, 4.69) is 9.80 Å². The maximum atomic E-state index is 13.0. The minimum Gasteiger partial charge on any atom is -0.292 e. The third-order valence-corrected chi connectivity index (χ3v) is 7.27. The summed E-state index contributed by atoms with van der Waals surface area (Å²) in [6.07, 6.45) is 6.99. The maximum absolute atomic E-state index is 13.0. The molecule has 4 aliphatic rings. The van der Waals surface area contributed by atoms with Gasteiger partial charge in [0.05, 0.1) is 36.3 Å². The Hall–Kier alpha value is -2.58. The average molecular weight is 439 g/mol. The predicted molar refractivity (Wildman–Crippen MR) is 119 cm³/mol. The van der Waals surface area contributed by atoms with Gasteiger partial charge in [0.1, 0.15) is 0 Å². The summed E-state index contributed by atoms with van der Waals surface area (Å²) in [5, 5.41) is 0. The summed E-state index contributed by atoms with van der Waals surface area (Å²) in [4.78, 5) is 58.1. The van der Waals surface area contributed by atoms with Crippen LogP contribution in [-0.2, 0) is 19.2 Å². The van der Waals surface area contributed by atoms with Crippen LogP contribution in [0.15, 0.2) is 24.3 Å². The van der Waals surface area contributed by atoms with Crippen LogP contribution in [0.5, 0.6) is 0 Å². The van der Waals surface area contributed by atoms with Crippen LogP contribution in [0.2, 0.25) is 0 Å². The van der Waals surface area contributed by atoms with Gasteiger partial charge in [-0.05, 0) is 76.1 Å². The molecule has 1 aromatic carbocycles. The van der Waals surface area contributed by atoms with Gasteiger partial charge < -0.3 is 0 Å². The molecular weight excluding hydrogens is 408 g/mol. The highest BCUT2D eigenvalue weighted by atomic mass is 16.2. The molecule has 8 heteroatoms. The van der Waals surface area contributed by atoms with Crippen LogP contribution in [0, 0.1) is 0 Å². The molecule has 0 aliphatic carbocycles. The van der Waals surface area contributed by atoms with Gasteiger partial charge in [-0.25, -0.2) is 9.80 Å². The Labute approximate surface area is 188 Å². The third-order valence-electron chi connectivity index (χ3n) is 7.27. The number of rotatable bonds is 4. The molecule has 0 bridgehead atoms. The summed E-state index contributed by atoms with van der Waals surface area (Å²) in [6, 6.07) is 5.90. The predicted octanol–water partition coefficient (Wildman–Crippen LogP) is 1.92. The van der Waals surface area contributed by atoms with Gasteiger partial charge in [-0.3, -0.25) is 29.0 Å². The summed E-state index contributed by atoms with van der Waals surface area (Å²) in [7, 11) is 0. The molecule has 8 nitrogen and oxygen atoms in total. The molecule has 0 N–H and O–H groups in total. The Morgan fingerprint density at radius 1 is 0.531 bits per heavy atom. The quantitative estimate of drug-likeness (QED) is 0.668. The molecule has 0 saturated carbocycles. The fourth-order valence-electron chi connectivity index (χ4n) is 5.56. The maximum Gasteiger partial charge on any atom is 0.251 e. The number of anilines is 2. The van der Waals surface area contributed by atoms with Gasteiger partial charge in [0.15, 0.2) is 0 Å². The zero-order chi connectivity index (χ0) is 22.2. The Morgan fingerprint density at radius 3 is 1.22 bits per heavy atom. The lowest BCUT2D eigenvalue weighted by molar-refractivity contribution is -0.124. The highest BCUT2D eigenvalue weighted by molar-refractivity contribution is 6.24. The molecule has 5 rings (SSSR count). The topological polar surface area (TPSA) is 81.2 Å². The first-order valence-electron chi connectivity index (χ1n) is 11.9. The van der Waals surface area contributed by atoms with Crippen LogP contribution < -0.4 is 9.80 Å². The summed E-state index contributed by atoms with van der Waals surface area (Å²) in [5.74, 6) is -0.750. The molecule has 170 valence electrons. The molecule has 32 heavy (non-hydrogen) atoms. The molecule has 0 aromatic heterocycles. The van der Waals surface area contributed by atoms with Crippen LogP contribution in [0.25, 0.3) is 0 Å². The van der Waals surface area contributed by atoms with E-state index < -0.39 is 0 Å². The van der Waals surface area contributed by atoms with Gasteiger partial charge in [-0.1, -0.05) is 12.8 Å². The molecular formula is C24H30N4O4. The second-order valence-corrected chi connectivity index (χ2v) is 9.28. The lowest BCUT2D eigenvalue weighted by Gasteiger charge is -2.30. The Morgan fingerprint density at radius 2 is 0.875 bits per heavy atom. The fourth-order valence-corrected chi connectivity index (χ4v) is 5.56. The number of hydrogen-bond donors (Lipinski definition) is 0. The van der Waals surface area contributed by atoms with Crippen LogP contribution in [0.3, 0.4) is 0 Å². The Kier molecular flexibility index (Phi) is 5.82. The first-order chi connectivity index (χ1) is 15.5. The SMILES string of the molecule is O=C1C[C@@H](N2CCCCC2)C(=O)N1c1ccc(N2C(=O)C[C@H](N3CCCCC3)C2=O)cc1. The summed E-state index contributed by atoms with van der Waals surface area (Å²) in [5.41, 5.74) is 0.991. The Balaban J connectivity index is 1.31. The van der Waals surface area contributed by atoms with E-state index >= 15 is 0 Å². The summed E-state index contributed by atoms with van der Waals surface area (Å²) < 4.78 is 0. The van der Waals surface area contributed by atoms with Gasteiger partial charge >= 0.3 is 0 Å². The highest BCUT2D eigenvalue weighted by Crippen LogP contribution is 2.31. The number of hydrogen-bond acceptors (Lipinski definition) is 6. The molecule has 4 saturated heterocycles. The van der Waals surface area contributed by atoms with E-state index in [1.807, 2.05) is 0 Å². The third kappa shape index (κ3) is 3.75. The van der Waals surface area contributed by atoms with Crippen LogP contribution >= 0.6 is 0 Å². The molecule has 4 fully saturated rings. The van der Waals surface area contributed by atoms with Gasteiger partial charge in [0.25, 0.3) is 11.8 Å². The van der Waals surface area contributed by atoms with E-state index in [0.29, 0.717) is 11.4 Å². The number of likely N-dealkylation sites (tertiary alicyclic amines) is 2. The molecule has 0 radical (unpaired) electrons. The van der Waals surface area contributed by atoms with Crippen molar-refractivity contribution in [1.29, 1.82) is 0 Å². The smallest absolute Gasteiger partial charge is 0.251 e. The van der Waals surface area contributed by atoms with Crippen molar-refractivity contribution in [2.45, 2.75) is 63.5 Å². The van der Waals surface area contributed by atoms with E-state index in [1.54, 1.807) is 24.3 Å². The largest absolute Gasteiger partial charge is 0.292 e. The van der Waals surface area contributed by atoms with E-state index in [4.69, 9.17) is 0 Å². The second-order valence-electron chi connectivity index (χ2n) is 9.28. The lowest BCUT2D eigenvalue weighted by Crippen LogP contribution is -2.44. The van der Waals surface area contributed by atoms with Gasteiger partial charge in [0, 0.05) is 0 Å². The van der Waals surface area contributed by atoms with Crippen LogP contribution in [-0.4, -0.2) is 71.7 Å². The van der Waals surface area contributed by atoms with Crippen molar-refractivity contribution in [2.75, 3.05) is 36.0 Å². The zero-order valence-electron chi connectivity index (χ0n) is 18.4. The van der Waals surface area contributed by atoms with Gasteiger partial charge in [-0.15, -0.1) is 0 Å². The molecule has 1 aromatic rings. The van der Waals surface area contributed by atoms with Crippen LogP contribution in [0.1, 0.15) is 51.4 Å². The number of carbonyl (C=O) groups excluding carboxylic acids is 4. The highest BCUT2D eigenvalue weighted by Gasteiger charge is 2.44. The number of piperidine rings is 2.